The number of methoxy groups -OCH3 is 1. The van der Waals surface area contributed by atoms with Crippen molar-refractivity contribution in [1.29, 1.82) is 0 Å². The topological polar surface area (TPSA) is 34.1 Å². The summed E-state index contributed by atoms with van der Waals surface area (Å²) >= 11 is 0. The van der Waals surface area contributed by atoms with Crippen molar-refractivity contribution in [2.75, 3.05) is 31.7 Å². The zero-order valence-corrected chi connectivity index (χ0v) is 19.3. The average molecular weight is 441 g/mol. The van der Waals surface area contributed by atoms with E-state index in [-0.39, 0.29) is 0 Å². The molecule has 1 unspecified atom stereocenters. The molecule has 1 atom stereocenters. The van der Waals surface area contributed by atoms with Gasteiger partial charge in [0.05, 0.1) is 20.2 Å². The molecule has 4 heteroatoms. The number of dihydropyridines is 1. The second kappa shape index (κ2) is 11.5. The molecule has 4 rings (SSSR count). The third-order valence-corrected chi connectivity index (χ3v) is 5.98. The number of aryl methyl sites for hydroxylation is 1. The smallest absolute Gasteiger partial charge is 0.162 e. The number of allylic oxidation sites excluding steroid dienone is 1. The normalized spacial score (nSPS) is 17.4. The van der Waals surface area contributed by atoms with Gasteiger partial charge in [0.2, 0.25) is 0 Å². The molecule has 1 aliphatic rings. The molecule has 33 heavy (non-hydrogen) atoms. The molecule has 0 N–H and O–H groups in total. The second-order valence-corrected chi connectivity index (χ2v) is 8.27. The van der Waals surface area contributed by atoms with Crippen LogP contribution in [0.5, 0.6) is 0 Å². The van der Waals surface area contributed by atoms with Gasteiger partial charge >= 0.3 is 0 Å². The lowest BCUT2D eigenvalue weighted by Gasteiger charge is -2.40. The van der Waals surface area contributed by atoms with Gasteiger partial charge in [-0.2, -0.15) is 0 Å². The highest BCUT2D eigenvalue weighted by Gasteiger charge is 2.40. The zero-order chi connectivity index (χ0) is 22.8. The van der Waals surface area contributed by atoms with Gasteiger partial charge in [-0.3, -0.25) is 4.99 Å². The van der Waals surface area contributed by atoms with E-state index in [1.165, 1.54) is 5.56 Å². The number of unbranched alkanes of at least 4 members (excludes halogenated alkanes) is 1. The van der Waals surface area contributed by atoms with E-state index in [9.17, 15) is 0 Å². The van der Waals surface area contributed by atoms with Crippen LogP contribution in [0.4, 0.5) is 11.4 Å². The third kappa shape index (κ3) is 5.91. The van der Waals surface area contributed by atoms with Crippen LogP contribution in [0, 0.1) is 0 Å². The van der Waals surface area contributed by atoms with Gasteiger partial charge in [-0.25, -0.2) is 0 Å². The van der Waals surface area contributed by atoms with Gasteiger partial charge in [0, 0.05) is 24.2 Å². The highest BCUT2D eigenvalue weighted by atomic mass is 16.5. The molecule has 0 radical (unpaired) electrons. The fourth-order valence-electron chi connectivity index (χ4n) is 4.24. The van der Waals surface area contributed by atoms with Crippen LogP contribution in [0.1, 0.15) is 18.4 Å². The van der Waals surface area contributed by atoms with Gasteiger partial charge in [0.25, 0.3) is 0 Å². The summed E-state index contributed by atoms with van der Waals surface area (Å²) in [5, 5.41) is 0. The van der Waals surface area contributed by atoms with E-state index in [1.54, 1.807) is 7.11 Å². The lowest BCUT2D eigenvalue weighted by molar-refractivity contribution is -0.0392. The maximum Gasteiger partial charge on any atom is 0.162 e. The first-order chi connectivity index (χ1) is 16.3. The Balaban J connectivity index is 1.52. The monoisotopic (exact) mass is 440 g/mol. The van der Waals surface area contributed by atoms with Crippen molar-refractivity contribution >= 4 is 17.6 Å². The molecule has 0 saturated heterocycles. The van der Waals surface area contributed by atoms with Crippen LogP contribution in [0.2, 0.25) is 0 Å². The van der Waals surface area contributed by atoms with Crippen LogP contribution in [-0.4, -0.2) is 38.6 Å². The maximum absolute atomic E-state index is 6.64. The van der Waals surface area contributed by atoms with E-state index >= 15 is 0 Å². The van der Waals surface area contributed by atoms with Crippen molar-refractivity contribution in [1.82, 2.24) is 0 Å². The lowest BCUT2D eigenvalue weighted by Crippen LogP contribution is -2.49. The molecule has 0 amide bonds. The first-order valence-electron chi connectivity index (χ1n) is 11.6. The molecule has 0 saturated carbocycles. The summed E-state index contributed by atoms with van der Waals surface area (Å²) < 4.78 is 12.5. The summed E-state index contributed by atoms with van der Waals surface area (Å²) in [5.74, 6) is 0.817. The van der Waals surface area contributed by atoms with Crippen LogP contribution in [-0.2, 0) is 15.9 Å². The molecule has 3 aromatic carbocycles. The summed E-state index contributed by atoms with van der Waals surface area (Å²) in [7, 11) is 1.72. The number of aliphatic imine (C=N–C) groups is 1. The lowest BCUT2D eigenvalue weighted by atomic mass is 9.96. The van der Waals surface area contributed by atoms with E-state index in [4.69, 9.17) is 9.47 Å². The number of hydrogen-bond donors (Lipinski definition) is 0. The number of hydrogen-bond acceptors (Lipinski definition) is 4. The van der Waals surface area contributed by atoms with E-state index in [2.05, 4.69) is 88.8 Å². The van der Waals surface area contributed by atoms with Crippen molar-refractivity contribution in [2.45, 2.75) is 24.9 Å². The first kappa shape index (κ1) is 22.8. The predicted octanol–water partition coefficient (Wildman–Crippen LogP) is 6.22. The van der Waals surface area contributed by atoms with Crippen LogP contribution in [0.25, 0.3) is 0 Å². The largest absolute Gasteiger partial charge is 0.498 e. The molecule has 0 fully saturated rings. The molecular formula is C29H32N2O2. The van der Waals surface area contributed by atoms with Crippen molar-refractivity contribution < 1.29 is 9.47 Å². The summed E-state index contributed by atoms with van der Waals surface area (Å²) in [4.78, 5) is 6.87. The highest BCUT2D eigenvalue weighted by Crippen LogP contribution is 2.33. The average Bonchev–Trinajstić information content (AvgIpc) is 2.89. The number of nitrogens with zero attached hydrogens (tertiary/aromatic N) is 2. The van der Waals surface area contributed by atoms with E-state index in [0.29, 0.717) is 19.7 Å². The Morgan fingerprint density at radius 2 is 1.42 bits per heavy atom. The minimum absolute atomic E-state index is 0.529. The Hall–Kier alpha value is -3.37. The number of ether oxygens (including phenoxy) is 2. The Morgan fingerprint density at radius 3 is 2.03 bits per heavy atom. The predicted molar refractivity (Wildman–Crippen MR) is 136 cm³/mol. The highest BCUT2D eigenvalue weighted by molar-refractivity contribution is 5.74. The molecule has 0 bridgehead atoms. The van der Waals surface area contributed by atoms with Crippen molar-refractivity contribution in [2.24, 2.45) is 4.99 Å². The summed E-state index contributed by atoms with van der Waals surface area (Å²) in [6, 6.07) is 31.5. The number of para-hydroxylation sites is 2. The Kier molecular flexibility index (Phi) is 7.94. The molecule has 0 spiro atoms. The van der Waals surface area contributed by atoms with Gasteiger partial charge in [-0.05, 0) is 55.2 Å². The molecule has 1 aliphatic heterocycles. The van der Waals surface area contributed by atoms with Crippen LogP contribution in [0.3, 0.4) is 0 Å². The number of rotatable bonds is 11. The van der Waals surface area contributed by atoms with Gasteiger partial charge in [0.15, 0.2) is 5.60 Å². The standard InChI is InChI=1S/C29H32N2O2/c1-32-28-20-21-30-23-29(28,33-22-12-11-15-25-13-5-2-6-14-25)24-31(26-16-7-3-8-17-26)27-18-9-4-10-19-27/h2-10,13-14,16-21H,11-12,15,22-24H2,1H3. The second-order valence-electron chi connectivity index (χ2n) is 8.27. The number of anilines is 2. The van der Waals surface area contributed by atoms with Crippen LogP contribution in [0.15, 0.2) is 108 Å². The van der Waals surface area contributed by atoms with E-state index in [0.717, 1.165) is 36.4 Å². The fraction of sp³-hybridized carbons (Fsp3) is 0.276. The summed E-state index contributed by atoms with van der Waals surface area (Å²) in [6.07, 6.45) is 6.86. The molecule has 0 aliphatic carbocycles. The zero-order valence-electron chi connectivity index (χ0n) is 19.3. The maximum atomic E-state index is 6.64. The van der Waals surface area contributed by atoms with Gasteiger partial charge in [0.1, 0.15) is 5.76 Å². The van der Waals surface area contributed by atoms with Crippen molar-refractivity contribution in [3.8, 4) is 0 Å². The Morgan fingerprint density at radius 1 is 0.818 bits per heavy atom. The molecule has 1 heterocycles. The Labute approximate surface area is 197 Å². The minimum atomic E-state index is -0.651. The molecule has 4 nitrogen and oxygen atoms in total. The third-order valence-electron chi connectivity index (χ3n) is 5.98. The molecule has 3 aromatic rings. The van der Waals surface area contributed by atoms with Gasteiger partial charge < -0.3 is 14.4 Å². The molecular weight excluding hydrogens is 408 g/mol. The van der Waals surface area contributed by atoms with Crippen LogP contribution >= 0.6 is 0 Å². The van der Waals surface area contributed by atoms with E-state index < -0.39 is 5.60 Å². The SMILES string of the molecule is COC1=CC=NCC1(CN(c1ccccc1)c1ccccc1)OCCCCc1ccccc1. The van der Waals surface area contributed by atoms with E-state index in [1.807, 2.05) is 24.4 Å². The van der Waals surface area contributed by atoms with Crippen LogP contribution < -0.4 is 4.90 Å². The Bertz CT molecular complexity index is 995. The summed E-state index contributed by atoms with van der Waals surface area (Å²) in [5.41, 5.74) is 2.94. The van der Waals surface area contributed by atoms with Gasteiger partial charge in [-0.1, -0.05) is 66.7 Å². The quantitative estimate of drug-likeness (QED) is 0.332. The van der Waals surface area contributed by atoms with Gasteiger partial charge in [-0.15, -0.1) is 0 Å². The minimum Gasteiger partial charge on any atom is -0.498 e. The van der Waals surface area contributed by atoms with Crippen molar-refractivity contribution in [3.05, 3.63) is 108 Å². The number of benzene rings is 3. The fourth-order valence-corrected chi connectivity index (χ4v) is 4.24. The molecule has 0 aromatic heterocycles. The summed E-state index contributed by atoms with van der Waals surface area (Å²) in [6.45, 7) is 1.79. The first-order valence-corrected chi connectivity index (χ1v) is 11.6. The van der Waals surface area contributed by atoms with Crippen molar-refractivity contribution in [3.63, 3.8) is 0 Å². The molecule has 170 valence electrons.